The fourth-order valence-electron chi connectivity index (χ4n) is 2.28. The molecule has 0 spiro atoms. The zero-order chi connectivity index (χ0) is 12.3. The molecule has 1 fully saturated rings. The van der Waals surface area contributed by atoms with Gasteiger partial charge in [0, 0.05) is 55.1 Å². The first-order chi connectivity index (χ1) is 8.19. The summed E-state index contributed by atoms with van der Waals surface area (Å²) in [5.41, 5.74) is 5.64. The van der Waals surface area contributed by atoms with Gasteiger partial charge in [-0.1, -0.05) is 0 Å². The zero-order valence-corrected chi connectivity index (χ0v) is 11.7. The molecule has 2 heterocycles. The molecule has 0 aliphatic carbocycles. The lowest BCUT2D eigenvalue weighted by atomic mass is 10.2. The topological polar surface area (TPSA) is 32.5 Å². The van der Waals surface area contributed by atoms with E-state index in [1.165, 1.54) is 35.9 Å². The fourth-order valence-corrected chi connectivity index (χ4v) is 3.21. The molecular formula is C13H23N3S. The van der Waals surface area contributed by atoms with Gasteiger partial charge < -0.3 is 5.73 Å². The first kappa shape index (κ1) is 13.0. The number of hydrogen-bond donors (Lipinski definition) is 1. The minimum atomic E-state index is 0.672. The van der Waals surface area contributed by atoms with Crippen molar-refractivity contribution in [2.75, 3.05) is 26.2 Å². The zero-order valence-electron chi connectivity index (χ0n) is 10.9. The largest absolute Gasteiger partial charge is 0.326 e. The smallest absolute Gasteiger partial charge is 0.0329 e. The Morgan fingerprint density at radius 3 is 2.35 bits per heavy atom. The average Bonchev–Trinajstić information content (AvgIpc) is 2.77. The Bertz CT molecular complexity index is 340. The Morgan fingerprint density at radius 1 is 1.18 bits per heavy atom. The second-order valence-corrected chi connectivity index (χ2v) is 6.23. The Balaban J connectivity index is 1.81. The normalized spacial score (nSPS) is 19.1. The van der Waals surface area contributed by atoms with E-state index < -0.39 is 0 Å². The minimum absolute atomic E-state index is 0.672. The van der Waals surface area contributed by atoms with Gasteiger partial charge in [-0.15, -0.1) is 11.3 Å². The second-order valence-electron chi connectivity index (χ2n) is 4.98. The highest BCUT2D eigenvalue weighted by Gasteiger charge is 2.18. The maximum Gasteiger partial charge on any atom is 0.0329 e. The van der Waals surface area contributed by atoms with Gasteiger partial charge in [-0.2, -0.15) is 0 Å². The second kappa shape index (κ2) is 5.96. The van der Waals surface area contributed by atoms with Crippen LogP contribution in [0.25, 0.3) is 0 Å². The summed E-state index contributed by atoms with van der Waals surface area (Å²) in [6, 6.07) is 5.06. The maximum atomic E-state index is 5.64. The molecule has 1 aliphatic rings. The fraction of sp³-hybridized carbons (Fsp3) is 0.692. The predicted octanol–water partition coefficient (Wildman–Crippen LogP) is 1.73. The Hall–Kier alpha value is -0.420. The molecule has 3 nitrogen and oxygen atoms in total. The van der Waals surface area contributed by atoms with E-state index in [-0.39, 0.29) is 0 Å². The van der Waals surface area contributed by atoms with Crippen LogP contribution in [0, 0.1) is 0 Å². The number of nitrogens with two attached hydrogens (primary N) is 1. The number of rotatable bonds is 4. The molecule has 1 saturated heterocycles. The van der Waals surface area contributed by atoms with Crippen LogP contribution in [0.3, 0.4) is 0 Å². The lowest BCUT2D eigenvalue weighted by Gasteiger charge is -2.36. The molecule has 0 amide bonds. The summed E-state index contributed by atoms with van der Waals surface area (Å²) < 4.78 is 0. The highest BCUT2D eigenvalue weighted by Crippen LogP contribution is 2.18. The Morgan fingerprint density at radius 2 is 1.82 bits per heavy atom. The van der Waals surface area contributed by atoms with Crippen molar-refractivity contribution in [1.82, 2.24) is 9.80 Å². The summed E-state index contributed by atoms with van der Waals surface area (Å²) in [5, 5.41) is 0. The van der Waals surface area contributed by atoms with Crippen molar-refractivity contribution >= 4 is 11.3 Å². The lowest BCUT2D eigenvalue weighted by Crippen LogP contribution is -2.48. The van der Waals surface area contributed by atoms with E-state index in [1.54, 1.807) is 0 Å². The van der Waals surface area contributed by atoms with Gasteiger partial charge in [0.05, 0.1) is 0 Å². The van der Waals surface area contributed by atoms with Gasteiger partial charge in [0.25, 0.3) is 0 Å². The van der Waals surface area contributed by atoms with Crippen LogP contribution in [0.2, 0.25) is 0 Å². The van der Waals surface area contributed by atoms with Gasteiger partial charge in [-0.25, -0.2) is 0 Å². The van der Waals surface area contributed by atoms with Crippen LogP contribution < -0.4 is 5.73 Å². The summed E-state index contributed by atoms with van der Waals surface area (Å²) in [4.78, 5) is 7.84. The maximum absolute atomic E-state index is 5.64. The summed E-state index contributed by atoms with van der Waals surface area (Å²) in [7, 11) is 0. The molecule has 0 atom stereocenters. The molecule has 0 aromatic carbocycles. The molecule has 4 heteroatoms. The molecule has 2 rings (SSSR count). The third-order valence-electron chi connectivity index (χ3n) is 3.44. The average molecular weight is 253 g/mol. The van der Waals surface area contributed by atoms with Crippen molar-refractivity contribution in [2.24, 2.45) is 5.73 Å². The molecule has 1 aromatic rings. The van der Waals surface area contributed by atoms with Crippen LogP contribution in [-0.4, -0.2) is 42.0 Å². The summed E-state index contributed by atoms with van der Waals surface area (Å²) in [6.45, 7) is 11.1. The van der Waals surface area contributed by atoms with E-state index in [2.05, 4.69) is 35.8 Å². The van der Waals surface area contributed by atoms with Gasteiger partial charge in [0.1, 0.15) is 0 Å². The highest BCUT2D eigenvalue weighted by atomic mass is 32.1. The number of thiophene rings is 1. The molecule has 96 valence electrons. The Kier molecular flexibility index (Phi) is 4.56. The number of piperazine rings is 1. The molecule has 0 saturated carbocycles. The van der Waals surface area contributed by atoms with Crippen LogP contribution in [0.4, 0.5) is 0 Å². The quantitative estimate of drug-likeness (QED) is 0.887. The van der Waals surface area contributed by atoms with Crippen molar-refractivity contribution in [1.29, 1.82) is 0 Å². The van der Waals surface area contributed by atoms with Gasteiger partial charge in [0.2, 0.25) is 0 Å². The van der Waals surface area contributed by atoms with Crippen LogP contribution in [0.5, 0.6) is 0 Å². The molecule has 1 aromatic heterocycles. The van der Waals surface area contributed by atoms with Crippen LogP contribution in [-0.2, 0) is 13.1 Å². The van der Waals surface area contributed by atoms with E-state index >= 15 is 0 Å². The number of nitrogens with zero attached hydrogens (tertiary/aromatic N) is 2. The van der Waals surface area contributed by atoms with Crippen LogP contribution in [0.15, 0.2) is 12.1 Å². The summed E-state index contributed by atoms with van der Waals surface area (Å²) in [6.07, 6.45) is 0. The molecule has 0 radical (unpaired) electrons. The molecular weight excluding hydrogens is 230 g/mol. The first-order valence-corrected chi connectivity index (χ1v) is 7.24. The SMILES string of the molecule is CC(C)N1CCN(Cc2ccc(CN)s2)CC1. The van der Waals surface area contributed by atoms with E-state index in [0.29, 0.717) is 12.6 Å². The predicted molar refractivity (Wildman–Crippen MR) is 74.2 cm³/mol. The van der Waals surface area contributed by atoms with Crippen molar-refractivity contribution in [3.63, 3.8) is 0 Å². The highest BCUT2D eigenvalue weighted by molar-refractivity contribution is 7.11. The van der Waals surface area contributed by atoms with E-state index in [1.807, 2.05) is 11.3 Å². The van der Waals surface area contributed by atoms with Gasteiger partial charge in [0.15, 0.2) is 0 Å². The first-order valence-electron chi connectivity index (χ1n) is 6.43. The van der Waals surface area contributed by atoms with Gasteiger partial charge in [-0.05, 0) is 26.0 Å². The molecule has 0 bridgehead atoms. The van der Waals surface area contributed by atoms with Gasteiger partial charge in [-0.3, -0.25) is 9.80 Å². The molecule has 2 N–H and O–H groups in total. The van der Waals surface area contributed by atoms with Gasteiger partial charge >= 0.3 is 0 Å². The lowest BCUT2D eigenvalue weighted by molar-refractivity contribution is 0.105. The molecule has 1 aliphatic heterocycles. The van der Waals surface area contributed by atoms with Crippen molar-refractivity contribution in [3.05, 3.63) is 21.9 Å². The summed E-state index contributed by atoms with van der Waals surface area (Å²) >= 11 is 1.85. The van der Waals surface area contributed by atoms with E-state index in [0.717, 1.165) is 6.54 Å². The van der Waals surface area contributed by atoms with E-state index in [4.69, 9.17) is 5.73 Å². The molecule has 17 heavy (non-hydrogen) atoms. The van der Waals surface area contributed by atoms with Crippen molar-refractivity contribution < 1.29 is 0 Å². The van der Waals surface area contributed by atoms with Crippen LogP contribution >= 0.6 is 11.3 Å². The van der Waals surface area contributed by atoms with Crippen molar-refractivity contribution in [2.45, 2.75) is 33.0 Å². The van der Waals surface area contributed by atoms with E-state index in [9.17, 15) is 0 Å². The third kappa shape index (κ3) is 3.52. The van der Waals surface area contributed by atoms with Crippen LogP contribution in [0.1, 0.15) is 23.6 Å². The third-order valence-corrected chi connectivity index (χ3v) is 4.53. The minimum Gasteiger partial charge on any atom is -0.326 e. The number of hydrogen-bond acceptors (Lipinski definition) is 4. The Labute approximate surface area is 108 Å². The summed E-state index contributed by atoms with van der Waals surface area (Å²) in [5.74, 6) is 0. The molecule has 0 unspecified atom stereocenters. The van der Waals surface area contributed by atoms with Crippen molar-refractivity contribution in [3.8, 4) is 0 Å². The monoisotopic (exact) mass is 253 g/mol. The standard InChI is InChI=1S/C13H23N3S/c1-11(2)16-7-5-15(6-8-16)10-13-4-3-12(9-14)17-13/h3-4,11H,5-10,14H2,1-2H3.